The Balaban J connectivity index is 2.92. The fourth-order valence-electron chi connectivity index (χ4n) is 1.54. The smallest absolute Gasteiger partial charge is 0.409 e. The van der Waals surface area contributed by atoms with Gasteiger partial charge in [-0.3, -0.25) is 4.79 Å². The Bertz CT molecular complexity index is 594. The largest absolute Gasteiger partial charge is 0.468 e. The van der Waals surface area contributed by atoms with E-state index in [2.05, 4.69) is 9.82 Å². The Morgan fingerprint density at radius 3 is 2.59 bits per heavy atom. The highest BCUT2D eigenvalue weighted by molar-refractivity contribution is 7.84. The van der Waals surface area contributed by atoms with Gasteiger partial charge in [0.15, 0.2) is 0 Å². The summed E-state index contributed by atoms with van der Waals surface area (Å²) in [4.78, 5) is 23.1. The first kappa shape index (κ1) is 18.5. The highest BCUT2D eigenvalue weighted by atomic mass is 35.7. The van der Waals surface area contributed by atoms with E-state index in [4.69, 9.17) is 20.5 Å². The van der Waals surface area contributed by atoms with Crippen molar-refractivity contribution in [1.29, 1.82) is 0 Å². The first-order chi connectivity index (χ1) is 10.3. The summed E-state index contributed by atoms with van der Waals surface area (Å²) < 4.78 is 26.8. The zero-order valence-electron chi connectivity index (χ0n) is 12.4. The van der Waals surface area contributed by atoms with Crippen LogP contribution in [0.4, 0.5) is 0 Å². The quantitative estimate of drug-likeness (QED) is 0.597. The van der Waals surface area contributed by atoms with E-state index in [1.54, 1.807) is 19.1 Å². The molecule has 0 heterocycles. The fraction of sp³-hybridized carbons (Fsp3) is 0.385. The van der Waals surface area contributed by atoms with Crippen molar-refractivity contribution >= 4 is 30.1 Å². The molecule has 0 aliphatic carbocycles. The van der Waals surface area contributed by atoms with Crippen LogP contribution < -0.4 is 9.61 Å². The van der Waals surface area contributed by atoms with E-state index in [9.17, 15) is 14.2 Å². The number of esters is 2. The zero-order valence-corrected chi connectivity index (χ0v) is 14.0. The average molecular weight is 350 g/mol. The minimum absolute atomic E-state index is 0.0103. The molecule has 122 valence electrons. The molecule has 0 bridgehead atoms. The van der Waals surface area contributed by atoms with Crippen LogP contribution in [-0.2, 0) is 18.8 Å². The molecule has 7 nitrogen and oxygen atoms in total. The van der Waals surface area contributed by atoms with Crippen molar-refractivity contribution in [2.24, 2.45) is 0 Å². The summed E-state index contributed by atoms with van der Waals surface area (Å²) >= 11 is 5.78. The van der Waals surface area contributed by atoms with E-state index in [1.807, 2.05) is 0 Å². The molecule has 1 unspecified atom stereocenters. The van der Waals surface area contributed by atoms with Crippen LogP contribution in [0, 0.1) is 0 Å². The highest BCUT2D eigenvalue weighted by Gasteiger charge is 2.29. The van der Waals surface area contributed by atoms with E-state index < -0.39 is 24.9 Å². The van der Waals surface area contributed by atoms with Crippen molar-refractivity contribution in [1.82, 2.24) is 5.09 Å². The predicted octanol–water partition coefficient (Wildman–Crippen LogP) is 2.74. The highest BCUT2D eigenvalue weighted by Crippen LogP contribution is 2.49. The third kappa shape index (κ3) is 5.33. The Kier molecular flexibility index (Phi) is 6.87. The standard InChI is InChI=1S/C13H17ClNO6P/c1-4-20-13(17)10-7-5-6-8-11(10)21-22(14,18)15-9(2)12(16)19-3/h5-9H,4H2,1-3H3,(H,15,18)/t9-,22?/m0/s1. The molecule has 0 spiro atoms. The summed E-state index contributed by atoms with van der Waals surface area (Å²) in [7, 11) is 1.19. The normalized spacial score (nSPS) is 14.5. The maximum absolute atomic E-state index is 12.2. The number of carbonyl (C=O) groups excluding carboxylic acids is 2. The maximum Gasteiger partial charge on any atom is 0.409 e. The number of carbonyl (C=O) groups is 2. The summed E-state index contributed by atoms with van der Waals surface area (Å²) in [5.74, 6) is -1.29. The second-order valence-electron chi connectivity index (χ2n) is 4.16. The van der Waals surface area contributed by atoms with Crippen LogP contribution in [0.25, 0.3) is 0 Å². The van der Waals surface area contributed by atoms with Gasteiger partial charge in [-0.1, -0.05) is 12.1 Å². The predicted molar refractivity (Wildman–Crippen MR) is 81.1 cm³/mol. The Morgan fingerprint density at radius 2 is 2.00 bits per heavy atom. The number of hydrogen-bond donors (Lipinski definition) is 1. The van der Waals surface area contributed by atoms with Gasteiger partial charge in [0, 0.05) is 11.2 Å². The van der Waals surface area contributed by atoms with Crippen molar-refractivity contribution in [3.8, 4) is 5.75 Å². The first-order valence-electron chi connectivity index (χ1n) is 6.41. The van der Waals surface area contributed by atoms with Crippen LogP contribution >= 0.6 is 18.1 Å². The zero-order chi connectivity index (χ0) is 16.8. The summed E-state index contributed by atoms with van der Waals surface area (Å²) in [5.41, 5.74) is 0.0812. The summed E-state index contributed by atoms with van der Waals surface area (Å²) in [5, 5.41) is 2.33. The molecular formula is C13H17ClNO6P. The molecule has 0 aromatic heterocycles. The summed E-state index contributed by atoms with van der Waals surface area (Å²) in [6, 6.07) is 5.12. The number of methoxy groups -OCH3 is 1. The number of benzene rings is 1. The van der Waals surface area contributed by atoms with Crippen molar-refractivity contribution in [2.45, 2.75) is 19.9 Å². The van der Waals surface area contributed by atoms with E-state index in [0.29, 0.717) is 0 Å². The lowest BCUT2D eigenvalue weighted by Crippen LogP contribution is -2.32. The van der Waals surface area contributed by atoms with Crippen molar-refractivity contribution < 1.29 is 28.2 Å². The topological polar surface area (TPSA) is 90.9 Å². The molecule has 1 aromatic carbocycles. The van der Waals surface area contributed by atoms with Gasteiger partial charge in [0.25, 0.3) is 0 Å². The van der Waals surface area contributed by atoms with Crippen LogP contribution in [0.2, 0.25) is 0 Å². The van der Waals surface area contributed by atoms with Crippen molar-refractivity contribution in [2.75, 3.05) is 13.7 Å². The van der Waals surface area contributed by atoms with E-state index in [-0.39, 0.29) is 17.9 Å². The molecule has 0 amide bonds. The molecule has 22 heavy (non-hydrogen) atoms. The molecule has 0 fully saturated rings. The molecule has 9 heteroatoms. The minimum atomic E-state index is -3.91. The van der Waals surface area contributed by atoms with Gasteiger partial charge in [-0.2, -0.15) is 0 Å². The van der Waals surface area contributed by atoms with Crippen LogP contribution in [0.1, 0.15) is 24.2 Å². The summed E-state index contributed by atoms with van der Waals surface area (Å²) in [6.07, 6.45) is 0. The Morgan fingerprint density at radius 1 is 1.36 bits per heavy atom. The molecule has 1 N–H and O–H groups in total. The maximum atomic E-state index is 12.2. The van der Waals surface area contributed by atoms with Crippen LogP contribution in [-0.4, -0.2) is 31.7 Å². The SMILES string of the molecule is CCOC(=O)c1ccccc1OP(=O)(Cl)N[C@@H](C)C(=O)OC. The van der Waals surface area contributed by atoms with Crippen molar-refractivity contribution in [3.63, 3.8) is 0 Å². The Hall–Kier alpha value is -1.56. The van der Waals surface area contributed by atoms with Gasteiger partial charge in [-0.05, 0) is 26.0 Å². The number of nitrogens with one attached hydrogen (secondary N) is 1. The third-order valence-corrected chi connectivity index (χ3v) is 4.13. The third-order valence-electron chi connectivity index (χ3n) is 2.50. The van der Waals surface area contributed by atoms with Crippen LogP contribution in [0.15, 0.2) is 24.3 Å². The average Bonchev–Trinajstić information content (AvgIpc) is 2.46. The lowest BCUT2D eigenvalue weighted by Gasteiger charge is -2.18. The van der Waals surface area contributed by atoms with Crippen LogP contribution in [0.3, 0.4) is 0 Å². The lowest BCUT2D eigenvalue weighted by molar-refractivity contribution is -0.142. The molecule has 1 aromatic rings. The van der Waals surface area contributed by atoms with Gasteiger partial charge in [0.05, 0.1) is 13.7 Å². The minimum Gasteiger partial charge on any atom is -0.468 e. The molecular weight excluding hydrogens is 333 g/mol. The Labute approximate surface area is 133 Å². The molecule has 0 aliphatic heterocycles. The van der Waals surface area contributed by atoms with Gasteiger partial charge in [0.2, 0.25) is 0 Å². The van der Waals surface area contributed by atoms with E-state index >= 15 is 0 Å². The van der Waals surface area contributed by atoms with Crippen LogP contribution in [0.5, 0.6) is 5.75 Å². The number of halogens is 1. The number of para-hydroxylation sites is 1. The van der Waals surface area contributed by atoms with Gasteiger partial charge >= 0.3 is 18.8 Å². The van der Waals surface area contributed by atoms with Gasteiger partial charge in [-0.25, -0.2) is 14.4 Å². The first-order valence-corrected chi connectivity index (χ1v) is 8.94. The van der Waals surface area contributed by atoms with E-state index in [1.165, 1.54) is 26.2 Å². The van der Waals surface area contributed by atoms with Gasteiger partial charge < -0.3 is 14.0 Å². The fourth-order valence-corrected chi connectivity index (χ4v) is 3.23. The lowest BCUT2D eigenvalue weighted by atomic mass is 10.2. The van der Waals surface area contributed by atoms with Gasteiger partial charge in [-0.15, -0.1) is 0 Å². The van der Waals surface area contributed by atoms with Gasteiger partial charge in [0.1, 0.15) is 17.4 Å². The second-order valence-corrected chi connectivity index (χ2v) is 6.90. The second kappa shape index (κ2) is 8.17. The van der Waals surface area contributed by atoms with Crippen molar-refractivity contribution in [3.05, 3.63) is 29.8 Å². The number of ether oxygens (including phenoxy) is 2. The molecule has 1 rings (SSSR count). The number of hydrogen-bond acceptors (Lipinski definition) is 6. The summed E-state index contributed by atoms with van der Waals surface area (Å²) in [6.45, 7) is -0.647. The molecule has 0 saturated heterocycles. The molecule has 2 atom stereocenters. The molecule has 0 radical (unpaired) electrons. The number of rotatable bonds is 7. The van der Waals surface area contributed by atoms with E-state index in [0.717, 1.165) is 0 Å². The monoisotopic (exact) mass is 349 g/mol. The molecule has 0 aliphatic rings. The molecule has 0 saturated carbocycles.